The second-order valence-corrected chi connectivity index (χ2v) is 1.67. The lowest BCUT2D eigenvalue weighted by Crippen LogP contribution is -2.42. The van der Waals surface area contributed by atoms with Crippen molar-refractivity contribution in [1.29, 1.82) is 0 Å². The molecule has 0 rings (SSSR count). The zero-order valence-corrected chi connectivity index (χ0v) is 5.06. The van der Waals surface area contributed by atoms with Crippen molar-refractivity contribution in [3.05, 3.63) is 0 Å². The first kappa shape index (κ1) is 9.31. The molecular weight excluding hydrogens is 142 g/mol. The third-order valence-electron chi connectivity index (χ3n) is 0.930. The van der Waals surface area contributed by atoms with E-state index in [1.54, 1.807) is 0 Å². The Morgan fingerprint density at radius 1 is 1.50 bits per heavy atom. The molecule has 10 heavy (non-hydrogen) atoms. The number of rotatable bonds is 3. The quantitative estimate of drug-likeness (QED) is 0.221. The van der Waals surface area contributed by atoms with Gasteiger partial charge in [-0.05, 0) is 0 Å². The van der Waals surface area contributed by atoms with Gasteiger partial charge in [0.15, 0.2) is 6.10 Å². The summed E-state index contributed by atoms with van der Waals surface area (Å²) < 4.78 is 0. The Morgan fingerprint density at radius 3 is 2.30 bits per heavy atom. The van der Waals surface area contributed by atoms with Gasteiger partial charge in [-0.3, -0.25) is 10.0 Å². The molecule has 0 aliphatic carbocycles. The number of hydrogen-bond acceptors (Lipinski definition) is 5. The van der Waals surface area contributed by atoms with E-state index in [2.05, 4.69) is 0 Å². The Morgan fingerprint density at radius 2 is 2.00 bits per heavy atom. The zero-order chi connectivity index (χ0) is 8.15. The van der Waals surface area contributed by atoms with Gasteiger partial charge in [0.2, 0.25) is 0 Å². The predicted octanol–water partition coefficient (Wildman–Crippen LogP) is -2.79. The van der Waals surface area contributed by atoms with Crippen LogP contribution in [0.15, 0.2) is 0 Å². The maximum absolute atomic E-state index is 10.2. The van der Waals surface area contributed by atoms with Crippen LogP contribution in [0.1, 0.15) is 0 Å². The summed E-state index contributed by atoms with van der Waals surface area (Å²) in [5, 5.41) is 33.2. The monoisotopic (exact) mass is 151 g/mol. The maximum atomic E-state index is 10.2. The fourth-order valence-electron chi connectivity index (χ4n) is 0.341. The molecule has 0 bridgehead atoms. The van der Waals surface area contributed by atoms with E-state index in [1.807, 2.05) is 0 Å². The van der Waals surface area contributed by atoms with Crippen molar-refractivity contribution in [3.63, 3.8) is 0 Å². The van der Waals surface area contributed by atoms with Gasteiger partial charge in [-0.25, -0.2) is 5.48 Å². The molecule has 0 aliphatic rings. The lowest BCUT2D eigenvalue weighted by molar-refractivity contribution is -0.145. The van der Waals surface area contributed by atoms with Crippen LogP contribution in [0.3, 0.4) is 0 Å². The first-order valence-electron chi connectivity index (χ1n) is 2.54. The molecule has 0 fully saturated rings. The average molecular weight is 151 g/mol. The van der Waals surface area contributed by atoms with Crippen LogP contribution in [-0.2, 0) is 4.79 Å². The highest BCUT2D eigenvalue weighted by Crippen LogP contribution is 1.90. The molecule has 6 nitrogen and oxygen atoms in total. The lowest BCUT2D eigenvalue weighted by atomic mass is 10.2. The van der Waals surface area contributed by atoms with E-state index in [-0.39, 0.29) is 0 Å². The van der Waals surface area contributed by atoms with Crippen LogP contribution in [0, 0.1) is 0 Å². The molecule has 0 saturated carbocycles. The molecule has 60 valence electrons. The summed E-state index contributed by atoms with van der Waals surface area (Å²) in [7, 11) is 0. The topological polar surface area (TPSA) is 110 Å². The molecule has 1 amide bonds. The fraction of sp³-hybridized carbons (Fsp3) is 0.750. The van der Waals surface area contributed by atoms with E-state index < -0.39 is 24.7 Å². The number of amides is 1. The van der Waals surface area contributed by atoms with Gasteiger partial charge in [0.25, 0.3) is 5.91 Å². The molecular formula is C4H9NO5. The van der Waals surface area contributed by atoms with Crippen LogP contribution < -0.4 is 5.48 Å². The number of hydrogen-bond donors (Lipinski definition) is 5. The largest absolute Gasteiger partial charge is 0.394 e. The summed E-state index contributed by atoms with van der Waals surface area (Å²) in [6.07, 6.45) is -3.36. The second-order valence-electron chi connectivity index (χ2n) is 1.67. The van der Waals surface area contributed by atoms with Crippen molar-refractivity contribution < 1.29 is 25.3 Å². The van der Waals surface area contributed by atoms with E-state index in [4.69, 9.17) is 20.5 Å². The Hall–Kier alpha value is -0.690. The summed E-state index contributed by atoms with van der Waals surface area (Å²) in [5.74, 6) is -1.15. The van der Waals surface area contributed by atoms with E-state index in [9.17, 15) is 4.79 Å². The van der Waals surface area contributed by atoms with Crippen LogP contribution in [0.25, 0.3) is 0 Å². The van der Waals surface area contributed by atoms with E-state index in [0.717, 1.165) is 5.48 Å². The van der Waals surface area contributed by atoms with Crippen molar-refractivity contribution in [1.82, 2.24) is 5.48 Å². The molecule has 0 spiro atoms. The van der Waals surface area contributed by atoms with Gasteiger partial charge >= 0.3 is 0 Å². The number of aliphatic hydroxyl groups excluding tert-OH is 3. The molecule has 0 heterocycles. The van der Waals surface area contributed by atoms with Crippen molar-refractivity contribution in [2.45, 2.75) is 12.2 Å². The van der Waals surface area contributed by atoms with Crippen molar-refractivity contribution >= 4 is 5.91 Å². The minimum atomic E-state index is -1.80. The summed E-state index contributed by atoms with van der Waals surface area (Å²) in [4.78, 5) is 10.2. The minimum Gasteiger partial charge on any atom is -0.394 e. The Kier molecular flexibility index (Phi) is 3.89. The number of nitrogens with one attached hydrogen (secondary N) is 1. The average Bonchev–Trinajstić information content (AvgIpc) is 2.00. The Balaban J connectivity index is 3.81. The van der Waals surface area contributed by atoms with Crippen LogP contribution in [-0.4, -0.2) is 45.2 Å². The standard InChI is InChI=1S/C4H9NO5/c6-1-2(7)3(8)4(9)5-10/h2-3,6-8,10H,1H2,(H,5,9)/t2-,3+/m0/s1. The molecule has 0 radical (unpaired) electrons. The van der Waals surface area contributed by atoms with Crippen LogP contribution in [0.4, 0.5) is 0 Å². The van der Waals surface area contributed by atoms with Gasteiger partial charge in [-0.15, -0.1) is 0 Å². The second kappa shape index (κ2) is 4.18. The maximum Gasteiger partial charge on any atom is 0.274 e. The van der Waals surface area contributed by atoms with Crippen molar-refractivity contribution in [2.75, 3.05) is 6.61 Å². The first-order valence-corrected chi connectivity index (χ1v) is 2.54. The summed E-state index contributed by atoms with van der Waals surface area (Å²) in [6, 6.07) is 0. The number of carbonyl (C=O) groups excluding carboxylic acids is 1. The SMILES string of the molecule is O=C(NO)[C@H](O)[C@@H](O)CO. The molecule has 0 aromatic heterocycles. The normalized spacial score (nSPS) is 16.0. The minimum absolute atomic E-state index is 0.741. The number of carbonyl (C=O) groups is 1. The molecule has 6 heteroatoms. The number of hydroxylamine groups is 1. The third kappa shape index (κ3) is 2.28. The first-order chi connectivity index (χ1) is 4.63. The molecule has 0 saturated heterocycles. The highest BCUT2D eigenvalue weighted by Gasteiger charge is 2.22. The van der Waals surface area contributed by atoms with Gasteiger partial charge in [0.1, 0.15) is 6.10 Å². The molecule has 0 aromatic carbocycles. The Bertz CT molecular complexity index is 116. The van der Waals surface area contributed by atoms with Gasteiger partial charge in [0, 0.05) is 0 Å². The Labute approximate surface area is 56.7 Å². The predicted molar refractivity (Wildman–Crippen MR) is 29.0 cm³/mol. The van der Waals surface area contributed by atoms with E-state index in [0.29, 0.717) is 0 Å². The van der Waals surface area contributed by atoms with E-state index >= 15 is 0 Å². The van der Waals surface area contributed by atoms with Gasteiger partial charge in [-0.1, -0.05) is 0 Å². The molecule has 0 unspecified atom stereocenters. The summed E-state index contributed by atoms with van der Waals surface area (Å²) >= 11 is 0. The summed E-state index contributed by atoms with van der Waals surface area (Å²) in [6.45, 7) is -0.741. The van der Waals surface area contributed by atoms with Crippen molar-refractivity contribution in [3.8, 4) is 0 Å². The molecule has 5 N–H and O–H groups in total. The summed E-state index contributed by atoms with van der Waals surface area (Å²) in [5.41, 5.74) is 1.12. The van der Waals surface area contributed by atoms with Crippen LogP contribution in [0.2, 0.25) is 0 Å². The highest BCUT2D eigenvalue weighted by molar-refractivity contribution is 5.79. The van der Waals surface area contributed by atoms with Gasteiger partial charge in [-0.2, -0.15) is 0 Å². The lowest BCUT2D eigenvalue weighted by Gasteiger charge is -2.12. The van der Waals surface area contributed by atoms with Crippen LogP contribution >= 0.6 is 0 Å². The fourth-order valence-corrected chi connectivity index (χ4v) is 0.341. The third-order valence-corrected chi connectivity index (χ3v) is 0.930. The van der Waals surface area contributed by atoms with Crippen LogP contribution in [0.5, 0.6) is 0 Å². The van der Waals surface area contributed by atoms with Gasteiger partial charge in [0.05, 0.1) is 6.61 Å². The van der Waals surface area contributed by atoms with Gasteiger partial charge < -0.3 is 15.3 Å². The van der Waals surface area contributed by atoms with Crippen molar-refractivity contribution in [2.24, 2.45) is 0 Å². The zero-order valence-electron chi connectivity index (χ0n) is 5.06. The number of aliphatic hydroxyl groups is 3. The molecule has 0 aliphatic heterocycles. The molecule has 0 aromatic rings. The smallest absolute Gasteiger partial charge is 0.274 e. The van der Waals surface area contributed by atoms with E-state index in [1.165, 1.54) is 0 Å². The highest BCUT2D eigenvalue weighted by atomic mass is 16.5. The molecule has 2 atom stereocenters.